The maximum absolute atomic E-state index is 12.3. The summed E-state index contributed by atoms with van der Waals surface area (Å²) in [6, 6.07) is 3.25. The molecule has 1 atom stereocenters. The van der Waals surface area contributed by atoms with Crippen LogP contribution in [-0.2, 0) is 0 Å². The second-order valence-corrected chi connectivity index (χ2v) is 6.00. The van der Waals surface area contributed by atoms with E-state index in [1.807, 2.05) is 12.3 Å². The van der Waals surface area contributed by atoms with Crippen molar-refractivity contribution in [3.63, 3.8) is 0 Å². The summed E-state index contributed by atoms with van der Waals surface area (Å²) in [5, 5.41) is 8.71. The Hall–Kier alpha value is -2.15. The molecule has 0 aromatic carbocycles. The lowest BCUT2D eigenvalue weighted by atomic mass is 10.2. The molecule has 0 bridgehead atoms. The summed E-state index contributed by atoms with van der Waals surface area (Å²) >= 11 is 1.57. The van der Waals surface area contributed by atoms with Crippen LogP contribution < -0.4 is 15.4 Å². The molecule has 0 unspecified atom stereocenters. The molecule has 2 heterocycles. The number of carbonyl (C=O) groups is 1. The number of rotatable bonds is 6. The van der Waals surface area contributed by atoms with E-state index in [-0.39, 0.29) is 12.1 Å². The van der Waals surface area contributed by atoms with Crippen molar-refractivity contribution in [2.45, 2.75) is 25.8 Å². The van der Waals surface area contributed by atoms with Crippen LogP contribution in [0.15, 0.2) is 29.9 Å². The SMILES string of the molecule is CCOc1ncccc1NC(=O)N[C@@H](c1nccs1)C1CC1. The van der Waals surface area contributed by atoms with Crippen molar-refractivity contribution in [3.05, 3.63) is 34.9 Å². The van der Waals surface area contributed by atoms with E-state index in [2.05, 4.69) is 20.6 Å². The predicted molar refractivity (Wildman–Crippen MR) is 85.1 cm³/mol. The monoisotopic (exact) mass is 318 g/mol. The largest absolute Gasteiger partial charge is 0.476 e. The number of ether oxygens (including phenoxy) is 1. The van der Waals surface area contributed by atoms with Crippen LogP contribution in [0.3, 0.4) is 0 Å². The third-order valence-corrected chi connectivity index (χ3v) is 4.26. The average molecular weight is 318 g/mol. The van der Waals surface area contributed by atoms with Crippen LogP contribution in [0.2, 0.25) is 0 Å². The molecule has 2 amide bonds. The van der Waals surface area contributed by atoms with Gasteiger partial charge in [-0.25, -0.2) is 14.8 Å². The van der Waals surface area contributed by atoms with Crippen molar-refractivity contribution in [1.82, 2.24) is 15.3 Å². The minimum absolute atomic E-state index is 0.0211. The molecule has 2 aromatic heterocycles. The molecular weight excluding hydrogens is 300 g/mol. The van der Waals surface area contributed by atoms with Gasteiger partial charge in [0.05, 0.1) is 12.6 Å². The van der Waals surface area contributed by atoms with Gasteiger partial charge in [0.15, 0.2) is 0 Å². The number of pyridine rings is 1. The van der Waals surface area contributed by atoms with Gasteiger partial charge in [-0.3, -0.25) is 0 Å². The number of urea groups is 1. The number of hydrogen-bond acceptors (Lipinski definition) is 5. The highest BCUT2D eigenvalue weighted by atomic mass is 32.1. The first kappa shape index (κ1) is 14.8. The molecule has 22 heavy (non-hydrogen) atoms. The van der Waals surface area contributed by atoms with Crippen LogP contribution in [0.1, 0.15) is 30.8 Å². The molecule has 3 rings (SSSR count). The molecule has 1 saturated carbocycles. The number of thiazole rings is 1. The lowest BCUT2D eigenvalue weighted by molar-refractivity contribution is 0.246. The molecule has 0 saturated heterocycles. The number of carbonyl (C=O) groups excluding carboxylic acids is 1. The van der Waals surface area contributed by atoms with Gasteiger partial charge in [0.2, 0.25) is 5.88 Å². The summed E-state index contributed by atoms with van der Waals surface area (Å²) in [5.74, 6) is 0.912. The van der Waals surface area contributed by atoms with Crippen LogP contribution in [0, 0.1) is 5.92 Å². The van der Waals surface area contributed by atoms with E-state index in [0.717, 1.165) is 17.8 Å². The first-order valence-corrected chi connectivity index (χ1v) is 8.20. The maximum atomic E-state index is 12.3. The Bertz CT molecular complexity index is 628. The van der Waals surface area contributed by atoms with Crippen molar-refractivity contribution in [2.75, 3.05) is 11.9 Å². The van der Waals surface area contributed by atoms with Crippen molar-refractivity contribution in [2.24, 2.45) is 5.92 Å². The molecule has 116 valence electrons. The summed E-state index contributed by atoms with van der Waals surface area (Å²) in [6.07, 6.45) is 5.66. The van der Waals surface area contributed by atoms with Gasteiger partial charge >= 0.3 is 6.03 Å². The van der Waals surface area contributed by atoms with Crippen molar-refractivity contribution in [1.29, 1.82) is 0 Å². The molecule has 2 N–H and O–H groups in total. The van der Waals surface area contributed by atoms with Crippen LogP contribution in [0.4, 0.5) is 10.5 Å². The highest BCUT2D eigenvalue weighted by Crippen LogP contribution is 2.41. The van der Waals surface area contributed by atoms with Gasteiger partial charge in [-0.05, 0) is 37.8 Å². The maximum Gasteiger partial charge on any atom is 0.319 e. The van der Waals surface area contributed by atoms with Gasteiger partial charge in [0.1, 0.15) is 10.7 Å². The summed E-state index contributed by atoms with van der Waals surface area (Å²) in [4.78, 5) is 20.7. The van der Waals surface area contributed by atoms with E-state index >= 15 is 0 Å². The summed E-state index contributed by atoms with van der Waals surface area (Å²) in [6.45, 7) is 2.38. The smallest absolute Gasteiger partial charge is 0.319 e. The van der Waals surface area contributed by atoms with E-state index in [0.29, 0.717) is 24.1 Å². The summed E-state index contributed by atoms with van der Waals surface area (Å²) in [5.41, 5.74) is 0.565. The van der Waals surface area contributed by atoms with E-state index in [1.165, 1.54) is 0 Å². The Kier molecular flexibility index (Phi) is 4.53. The Morgan fingerprint density at radius 2 is 2.32 bits per heavy atom. The van der Waals surface area contributed by atoms with Gasteiger partial charge in [-0.2, -0.15) is 0 Å². The quantitative estimate of drug-likeness (QED) is 0.857. The van der Waals surface area contributed by atoms with E-state index < -0.39 is 0 Å². The van der Waals surface area contributed by atoms with Crippen LogP contribution in [0.5, 0.6) is 5.88 Å². The first-order valence-electron chi connectivity index (χ1n) is 7.32. The Morgan fingerprint density at radius 3 is 3.00 bits per heavy atom. The fourth-order valence-corrected chi connectivity index (χ4v) is 3.02. The molecule has 7 heteroatoms. The van der Waals surface area contributed by atoms with Crippen LogP contribution in [-0.4, -0.2) is 22.6 Å². The summed E-state index contributed by atoms with van der Waals surface area (Å²) in [7, 11) is 0. The van der Waals surface area contributed by atoms with Gasteiger partial charge < -0.3 is 15.4 Å². The van der Waals surface area contributed by atoms with Gasteiger partial charge in [0, 0.05) is 17.8 Å². The molecule has 1 aliphatic rings. The molecule has 0 aliphatic heterocycles. The van der Waals surface area contributed by atoms with E-state index in [1.54, 1.807) is 35.9 Å². The molecule has 0 spiro atoms. The molecular formula is C15H18N4O2S. The van der Waals surface area contributed by atoms with Gasteiger partial charge in [-0.15, -0.1) is 11.3 Å². The minimum atomic E-state index is -0.263. The standard InChI is InChI=1S/C15H18N4O2S/c1-2-21-13-11(4-3-7-16-13)18-15(20)19-12(10-5-6-10)14-17-8-9-22-14/h3-4,7-10,12H,2,5-6H2,1H3,(H2,18,19,20)/t12-/m1/s1. The highest BCUT2D eigenvalue weighted by molar-refractivity contribution is 7.09. The number of hydrogen-bond donors (Lipinski definition) is 2. The van der Waals surface area contributed by atoms with Crippen molar-refractivity contribution < 1.29 is 9.53 Å². The second-order valence-electron chi connectivity index (χ2n) is 5.07. The fourth-order valence-electron chi connectivity index (χ4n) is 2.24. The lowest BCUT2D eigenvalue weighted by Gasteiger charge is -2.17. The zero-order valence-corrected chi connectivity index (χ0v) is 13.1. The summed E-state index contributed by atoms with van der Waals surface area (Å²) < 4.78 is 5.41. The molecule has 6 nitrogen and oxygen atoms in total. The number of nitrogens with zero attached hydrogens (tertiary/aromatic N) is 2. The minimum Gasteiger partial charge on any atom is -0.476 e. The number of anilines is 1. The molecule has 1 fully saturated rings. The van der Waals surface area contributed by atoms with Crippen LogP contribution in [0.25, 0.3) is 0 Å². The Morgan fingerprint density at radius 1 is 1.45 bits per heavy atom. The van der Waals surface area contributed by atoms with Crippen LogP contribution >= 0.6 is 11.3 Å². The molecule has 0 radical (unpaired) electrons. The zero-order valence-electron chi connectivity index (χ0n) is 12.3. The number of nitrogens with one attached hydrogen (secondary N) is 2. The number of aromatic nitrogens is 2. The van der Waals surface area contributed by atoms with E-state index in [4.69, 9.17) is 4.74 Å². The second kappa shape index (κ2) is 6.74. The zero-order chi connectivity index (χ0) is 15.4. The molecule has 2 aromatic rings. The normalized spacial score (nSPS) is 15.1. The Balaban J connectivity index is 1.67. The Labute approximate surface area is 132 Å². The fraction of sp³-hybridized carbons (Fsp3) is 0.400. The average Bonchev–Trinajstić information content (AvgIpc) is 3.21. The lowest BCUT2D eigenvalue weighted by Crippen LogP contribution is -2.33. The van der Waals surface area contributed by atoms with Gasteiger partial charge in [-0.1, -0.05) is 0 Å². The highest BCUT2D eigenvalue weighted by Gasteiger charge is 2.35. The molecule has 1 aliphatic carbocycles. The third-order valence-electron chi connectivity index (χ3n) is 3.40. The van der Waals surface area contributed by atoms with E-state index in [9.17, 15) is 4.79 Å². The predicted octanol–water partition coefficient (Wildman–Crippen LogP) is 3.21. The van der Waals surface area contributed by atoms with Crippen molar-refractivity contribution in [3.8, 4) is 5.88 Å². The van der Waals surface area contributed by atoms with Crippen molar-refractivity contribution >= 4 is 23.1 Å². The first-order chi connectivity index (χ1) is 10.8. The topological polar surface area (TPSA) is 76.1 Å². The third kappa shape index (κ3) is 3.54. The number of amides is 2. The van der Waals surface area contributed by atoms with Gasteiger partial charge in [0.25, 0.3) is 0 Å².